The first kappa shape index (κ1) is 31.8. The SMILES string of the molecule is CCC(C(=O)NC1CCCCC1)N(Cc1ccc(Cl)c(Cl)c1)C(=O)CN(c1ccc(F)cc1)S(=O)(=O)c1ccccc1. The van der Waals surface area contributed by atoms with Gasteiger partial charge in [0.05, 0.1) is 20.6 Å². The number of hydrogen-bond donors (Lipinski definition) is 1. The summed E-state index contributed by atoms with van der Waals surface area (Å²) in [6, 6.07) is 16.7. The minimum Gasteiger partial charge on any atom is -0.352 e. The highest BCUT2D eigenvalue weighted by atomic mass is 35.5. The van der Waals surface area contributed by atoms with E-state index in [0.29, 0.717) is 22.0 Å². The van der Waals surface area contributed by atoms with E-state index in [0.717, 1.165) is 48.5 Å². The van der Waals surface area contributed by atoms with Crippen LogP contribution in [0.4, 0.5) is 10.1 Å². The van der Waals surface area contributed by atoms with E-state index in [2.05, 4.69) is 5.32 Å². The van der Waals surface area contributed by atoms with Gasteiger partial charge in [0.15, 0.2) is 0 Å². The molecule has 0 heterocycles. The van der Waals surface area contributed by atoms with Crippen LogP contribution in [0.2, 0.25) is 10.0 Å². The lowest BCUT2D eigenvalue weighted by Crippen LogP contribution is -2.54. The second kappa shape index (κ2) is 14.4. The van der Waals surface area contributed by atoms with Crippen molar-refractivity contribution in [3.8, 4) is 0 Å². The molecule has 0 aliphatic heterocycles. The summed E-state index contributed by atoms with van der Waals surface area (Å²) in [5.74, 6) is -1.44. The zero-order valence-electron chi connectivity index (χ0n) is 23.3. The molecule has 1 aliphatic carbocycles. The molecule has 1 N–H and O–H groups in total. The minimum absolute atomic E-state index is 0.00500. The van der Waals surface area contributed by atoms with Crippen molar-refractivity contribution in [2.75, 3.05) is 10.8 Å². The Kier molecular flexibility index (Phi) is 10.9. The van der Waals surface area contributed by atoms with Gasteiger partial charge >= 0.3 is 0 Å². The van der Waals surface area contributed by atoms with Crippen molar-refractivity contribution in [3.63, 3.8) is 0 Å². The smallest absolute Gasteiger partial charge is 0.264 e. The van der Waals surface area contributed by atoms with E-state index in [1.807, 2.05) is 0 Å². The number of rotatable bonds is 11. The monoisotopic (exact) mass is 633 g/mol. The van der Waals surface area contributed by atoms with Crippen LogP contribution in [0.3, 0.4) is 0 Å². The fourth-order valence-corrected chi connectivity index (χ4v) is 6.91. The van der Waals surface area contributed by atoms with Gasteiger partial charge in [-0.25, -0.2) is 12.8 Å². The summed E-state index contributed by atoms with van der Waals surface area (Å²) in [4.78, 5) is 29.1. The van der Waals surface area contributed by atoms with Gasteiger partial charge in [0.25, 0.3) is 10.0 Å². The van der Waals surface area contributed by atoms with Gasteiger partial charge in [-0.2, -0.15) is 0 Å². The second-order valence-electron chi connectivity index (χ2n) is 10.3. The number of nitrogens with one attached hydrogen (secondary N) is 1. The van der Waals surface area contributed by atoms with Crippen molar-refractivity contribution in [1.82, 2.24) is 10.2 Å². The van der Waals surface area contributed by atoms with E-state index in [9.17, 15) is 22.4 Å². The number of benzene rings is 3. The number of nitrogens with zero attached hydrogens (tertiary/aromatic N) is 2. The van der Waals surface area contributed by atoms with Crippen LogP contribution in [-0.4, -0.2) is 43.8 Å². The molecule has 1 fully saturated rings. The molecule has 4 rings (SSSR count). The third-order valence-corrected chi connectivity index (χ3v) is 9.93. The van der Waals surface area contributed by atoms with Crippen LogP contribution in [0, 0.1) is 5.82 Å². The molecule has 42 heavy (non-hydrogen) atoms. The van der Waals surface area contributed by atoms with Crippen molar-refractivity contribution < 1.29 is 22.4 Å². The Hall–Kier alpha value is -3.14. The highest BCUT2D eigenvalue weighted by Gasteiger charge is 2.34. The molecule has 2 amide bonds. The summed E-state index contributed by atoms with van der Waals surface area (Å²) in [7, 11) is -4.23. The molecule has 1 unspecified atom stereocenters. The largest absolute Gasteiger partial charge is 0.352 e. The van der Waals surface area contributed by atoms with Gasteiger partial charge in [0, 0.05) is 12.6 Å². The third kappa shape index (κ3) is 7.82. The Morgan fingerprint density at radius 2 is 1.62 bits per heavy atom. The Morgan fingerprint density at radius 3 is 2.24 bits per heavy atom. The minimum atomic E-state index is -4.23. The van der Waals surface area contributed by atoms with Crippen molar-refractivity contribution >= 4 is 50.7 Å². The maximum Gasteiger partial charge on any atom is 0.264 e. The first-order chi connectivity index (χ1) is 20.1. The number of carbonyl (C=O) groups is 2. The fraction of sp³-hybridized carbons (Fsp3) is 0.355. The predicted molar refractivity (Wildman–Crippen MR) is 163 cm³/mol. The summed E-state index contributed by atoms with van der Waals surface area (Å²) in [5, 5.41) is 3.74. The van der Waals surface area contributed by atoms with E-state index in [1.54, 1.807) is 43.3 Å². The molecule has 1 aliphatic rings. The average Bonchev–Trinajstić information content (AvgIpc) is 2.99. The second-order valence-corrected chi connectivity index (χ2v) is 13.0. The summed E-state index contributed by atoms with van der Waals surface area (Å²) in [5.41, 5.74) is 0.740. The highest BCUT2D eigenvalue weighted by Crippen LogP contribution is 2.27. The zero-order chi connectivity index (χ0) is 30.3. The molecule has 3 aromatic rings. The molecule has 0 saturated heterocycles. The van der Waals surface area contributed by atoms with Crippen molar-refractivity contribution in [2.24, 2.45) is 0 Å². The quantitative estimate of drug-likeness (QED) is 0.258. The van der Waals surface area contributed by atoms with Crippen molar-refractivity contribution in [3.05, 3.63) is 94.2 Å². The van der Waals surface area contributed by atoms with Gasteiger partial charge in [-0.3, -0.25) is 13.9 Å². The van der Waals surface area contributed by atoms with E-state index in [4.69, 9.17) is 23.2 Å². The summed E-state index contributed by atoms with van der Waals surface area (Å²) in [6.07, 6.45) is 5.22. The average molecular weight is 635 g/mol. The van der Waals surface area contributed by atoms with Crippen molar-refractivity contribution in [1.29, 1.82) is 0 Å². The Balaban J connectivity index is 1.70. The van der Waals surface area contributed by atoms with E-state index in [-0.39, 0.29) is 29.1 Å². The number of hydrogen-bond acceptors (Lipinski definition) is 4. The maximum absolute atomic E-state index is 14.1. The van der Waals surface area contributed by atoms with Crippen LogP contribution in [0.1, 0.15) is 51.0 Å². The summed E-state index contributed by atoms with van der Waals surface area (Å²) in [6.45, 7) is 1.19. The van der Waals surface area contributed by atoms with Crippen LogP contribution >= 0.6 is 23.2 Å². The van der Waals surface area contributed by atoms with E-state index in [1.165, 1.54) is 29.2 Å². The van der Waals surface area contributed by atoms with Crippen LogP contribution in [0.15, 0.2) is 77.7 Å². The number of anilines is 1. The van der Waals surface area contributed by atoms with Crippen molar-refractivity contribution in [2.45, 2.75) is 69.0 Å². The van der Waals surface area contributed by atoms with Crippen LogP contribution in [0.25, 0.3) is 0 Å². The normalized spacial score (nSPS) is 14.7. The van der Waals surface area contributed by atoms with Gasteiger partial charge in [0.2, 0.25) is 11.8 Å². The van der Waals surface area contributed by atoms with E-state index >= 15 is 0 Å². The molecule has 0 aromatic heterocycles. The highest BCUT2D eigenvalue weighted by molar-refractivity contribution is 7.92. The molecule has 1 atom stereocenters. The Labute approximate surface area is 256 Å². The molecule has 1 saturated carbocycles. The van der Waals surface area contributed by atoms with Crippen LogP contribution in [-0.2, 0) is 26.2 Å². The number of halogens is 3. The number of carbonyl (C=O) groups excluding carboxylic acids is 2. The maximum atomic E-state index is 14.1. The molecule has 0 radical (unpaired) electrons. The molecule has 0 spiro atoms. The molecule has 7 nitrogen and oxygen atoms in total. The summed E-state index contributed by atoms with van der Waals surface area (Å²) < 4.78 is 42.3. The molecule has 224 valence electrons. The lowest BCUT2D eigenvalue weighted by atomic mass is 9.95. The fourth-order valence-electron chi connectivity index (χ4n) is 5.15. The molecule has 11 heteroatoms. The Bertz CT molecular complexity index is 1480. The molecular weight excluding hydrogens is 600 g/mol. The lowest BCUT2D eigenvalue weighted by molar-refractivity contribution is -0.140. The van der Waals surface area contributed by atoms with E-state index < -0.39 is 34.3 Å². The van der Waals surface area contributed by atoms with Gasteiger partial charge < -0.3 is 10.2 Å². The number of amides is 2. The Morgan fingerprint density at radius 1 is 0.952 bits per heavy atom. The molecule has 3 aromatic carbocycles. The van der Waals surface area contributed by atoms with Gasteiger partial charge in [0.1, 0.15) is 18.4 Å². The van der Waals surface area contributed by atoms with Gasteiger partial charge in [-0.1, -0.05) is 73.7 Å². The molecule has 0 bridgehead atoms. The standard InChI is InChI=1S/C31H34Cl2FN3O4S/c1-2-29(31(39)35-24-9-5-3-6-10-24)36(20-22-13-18-27(32)28(33)19-22)30(38)21-37(25-16-14-23(34)15-17-25)42(40,41)26-11-7-4-8-12-26/h4,7-8,11-19,24,29H,2-3,5-6,9-10,20-21H2,1H3,(H,35,39). The zero-order valence-corrected chi connectivity index (χ0v) is 25.6. The predicted octanol–water partition coefficient (Wildman–Crippen LogP) is 6.58. The first-order valence-corrected chi connectivity index (χ1v) is 16.2. The third-order valence-electron chi connectivity index (χ3n) is 7.40. The van der Waals surface area contributed by atoms with Gasteiger partial charge in [-0.05, 0) is 73.4 Å². The topological polar surface area (TPSA) is 86.8 Å². The lowest BCUT2D eigenvalue weighted by Gasteiger charge is -2.34. The number of sulfonamides is 1. The van der Waals surface area contributed by atoms with Crippen LogP contribution < -0.4 is 9.62 Å². The first-order valence-electron chi connectivity index (χ1n) is 14.0. The molecular formula is C31H34Cl2FN3O4S. The van der Waals surface area contributed by atoms with Gasteiger partial charge in [-0.15, -0.1) is 0 Å². The van der Waals surface area contributed by atoms with Crippen LogP contribution in [0.5, 0.6) is 0 Å². The summed E-state index contributed by atoms with van der Waals surface area (Å²) >= 11 is 12.4.